The first-order chi connectivity index (χ1) is 6.22. The monoisotopic (exact) mass is 182 g/mol. The normalized spacial score (nSPS) is 10.5. The van der Waals surface area contributed by atoms with Crippen LogP contribution in [0.4, 0.5) is 0 Å². The predicted octanol–water partition coefficient (Wildman–Crippen LogP) is 1.41. The third kappa shape index (κ3) is 3.38. The van der Waals surface area contributed by atoms with Gasteiger partial charge in [0.2, 0.25) is 5.88 Å². The van der Waals surface area contributed by atoms with Crippen LogP contribution in [0.3, 0.4) is 0 Å². The highest BCUT2D eigenvalue weighted by molar-refractivity contribution is 5.10. The SMILES string of the molecule is COc1ccc(COC(C)C)nn1. The molecule has 0 aliphatic heterocycles. The maximum absolute atomic E-state index is 5.36. The molecule has 0 atom stereocenters. The molecule has 0 saturated heterocycles. The van der Waals surface area contributed by atoms with Crippen LogP contribution >= 0.6 is 0 Å². The average Bonchev–Trinajstić information content (AvgIpc) is 2.15. The van der Waals surface area contributed by atoms with Gasteiger partial charge in [-0.2, -0.15) is 0 Å². The van der Waals surface area contributed by atoms with E-state index in [1.54, 1.807) is 13.2 Å². The van der Waals surface area contributed by atoms with Gasteiger partial charge in [-0.1, -0.05) is 0 Å². The molecule has 0 unspecified atom stereocenters. The van der Waals surface area contributed by atoms with E-state index in [2.05, 4.69) is 10.2 Å². The van der Waals surface area contributed by atoms with E-state index in [0.717, 1.165) is 5.69 Å². The zero-order valence-corrected chi connectivity index (χ0v) is 8.15. The predicted molar refractivity (Wildman–Crippen MR) is 48.5 cm³/mol. The fourth-order valence-electron chi connectivity index (χ4n) is 0.786. The van der Waals surface area contributed by atoms with E-state index in [0.29, 0.717) is 12.5 Å². The first-order valence-electron chi connectivity index (χ1n) is 4.20. The molecule has 0 aliphatic rings. The van der Waals surface area contributed by atoms with E-state index >= 15 is 0 Å². The van der Waals surface area contributed by atoms with Gasteiger partial charge in [0.05, 0.1) is 25.5 Å². The lowest BCUT2D eigenvalue weighted by molar-refractivity contribution is 0.0630. The standard InChI is InChI=1S/C9H14N2O2/c1-7(2)13-6-8-4-5-9(12-3)11-10-8/h4-5,7H,6H2,1-3H3. The van der Waals surface area contributed by atoms with Crippen molar-refractivity contribution < 1.29 is 9.47 Å². The molecule has 0 N–H and O–H groups in total. The van der Waals surface area contributed by atoms with Crippen molar-refractivity contribution in [3.8, 4) is 5.88 Å². The molecular formula is C9H14N2O2. The van der Waals surface area contributed by atoms with Crippen LogP contribution in [-0.4, -0.2) is 23.4 Å². The van der Waals surface area contributed by atoms with Crippen molar-refractivity contribution in [2.75, 3.05) is 7.11 Å². The number of aromatic nitrogens is 2. The first kappa shape index (κ1) is 9.92. The number of methoxy groups -OCH3 is 1. The van der Waals surface area contributed by atoms with Crippen LogP contribution in [0.2, 0.25) is 0 Å². The van der Waals surface area contributed by atoms with Crippen molar-refractivity contribution in [3.63, 3.8) is 0 Å². The van der Waals surface area contributed by atoms with Gasteiger partial charge in [0.15, 0.2) is 0 Å². The van der Waals surface area contributed by atoms with Gasteiger partial charge in [0.25, 0.3) is 0 Å². The summed E-state index contributed by atoms with van der Waals surface area (Å²) < 4.78 is 10.2. The molecule has 4 nitrogen and oxygen atoms in total. The van der Waals surface area contributed by atoms with E-state index in [1.165, 1.54) is 0 Å². The van der Waals surface area contributed by atoms with Crippen LogP contribution in [-0.2, 0) is 11.3 Å². The average molecular weight is 182 g/mol. The number of nitrogens with zero attached hydrogens (tertiary/aromatic N) is 2. The van der Waals surface area contributed by atoms with Gasteiger partial charge in [-0.25, -0.2) is 0 Å². The van der Waals surface area contributed by atoms with Gasteiger partial charge in [-0.15, -0.1) is 10.2 Å². The van der Waals surface area contributed by atoms with Crippen molar-refractivity contribution in [2.24, 2.45) is 0 Å². The summed E-state index contributed by atoms with van der Waals surface area (Å²) in [5.74, 6) is 0.522. The summed E-state index contributed by atoms with van der Waals surface area (Å²) in [4.78, 5) is 0. The molecule has 72 valence electrons. The van der Waals surface area contributed by atoms with Gasteiger partial charge in [0, 0.05) is 6.07 Å². The summed E-state index contributed by atoms with van der Waals surface area (Å²) in [7, 11) is 1.56. The Balaban J connectivity index is 2.49. The maximum atomic E-state index is 5.36. The van der Waals surface area contributed by atoms with Crippen LogP contribution in [0.5, 0.6) is 5.88 Å². The van der Waals surface area contributed by atoms with Crippen molar-refractivity contribution in [1.29, 1.82) is 0 Å². The first-order valence-corrected chi connectivity index (χ1v) is 4.20. The Morgan fingerprint density at radius 3 is 2.54 bits per heavy atom. The summed E-state index contributed by atoms with van der Waals surface area (Å²) in [6, 6.07) is 3.61. The Morgan fingerprint density at radius 1 is 1.31 bits per heavy atom. The zero-order valence-electron chi connectivity index (χ0n) is 8.15. The quantitative estimate of drug-likeness (QED) is 0.706. The Bertz CT molecular complexity index is 246. The smallest absolute Gasteiger partial charge is 0.233 e. The Labute approximate surface area is 77.9 Å². The maximum Gasteiger partial charge on any atom is 0.233 e. The lowest BCUT2D eigenvalue weighted by Crippen LogP contribution is -2.04. The number of ether oxygens (including phenoxy) is 2. The number of hydrogen-bond acceptors (Lipinski definition) is 4. The largest absolute Gasteiger partial charge is 0.480 e. The third-order valence-electron chi connectivity index (χ3n) is 1.47. The van der Waals surface area contributed by atoms with Crippen molar-refractivity contribution in [3.05, 3.63) is 17.8 Å². The molecule has 0 amide bonds. The molecule has 0 spiro atoms. The minimum absolute atomic E-state index is 0.212. The molecule has 0 aliphatic carbocycles. The van der Waals surface area contributed by atoms with Gasteiger partial charge < -0.3 is 9.47 Å². The van der Waals surface area contributed by atoms with Gasteiger partial charge >= 0.3 is 0 Å². The van der Waals surface area contributed by atoms with Crippen LogP contribution < -0.4 is 4.74 Å². The molecule has 0 radical (unpaired) electrons. The zero-order chi connectivity index (χ0) is 9.68. The van der Waals surface area contributed by atoms with Crippen molar-refractivity contribution in [2.45, 2.75) is 26.6 Å². The van der Waals surface area contributed by atoms with Gasteiger partial charge in [0.1, 0.15) is 0 Å². The Kier molecular flexibility index (Phi) is 3.64. The Hall–Kier alpha value is -1.16. The van der Waals surface area contributed by atoms with E-state index in [9.17, 15) is 0 Å². The molecule has 0 aromatic carbocycles. The minimum atomic E-state index is 0.212. The van der Waals surface area contributed by atoms with Crippen LogP contribution in [0, 0.1) is 0 Å². The van der Waals surface area contributed by atoms with E-state index in [1.807, 2.05) is 19.9 Å². The van der Waals surface area contributed by atoms with E-state index in [4.69, 9.17) is 9.47 Å². The second-order valence-corrected chi connectivity index (χ2v) is 2.93. The molecule has 4 heteroatoms. The number of rotatable bonds is 4. The van der Waals surface area contributed by atoms with Crippen LogP contribution in [0.15, 0.2) is 12.1 Å². The highest BCUT2D eigenvalue weighted by Gasteiger charge is 1.99. The molecule has 0 bridgehead atoms. The van der Waals surface area contributed by atoms with Crippen molar-refractivity contribution in [1.82, 2.24) is 10.2 Å². The topological polar surface area (TPSA) is 44.2 Å². The summed E-state index contributed by atoms with van der Waals surface area (Å²) in [5.41, 5.74) is 0.814. The van der Waals surface area contributed by atoms with Crippen molar-refractivity contribution >= 4 is 0 Å². The van der Waals surface area contributed by atoms with Crippen LogP contribution in [0.25, 0.3) is 0 Å². The summed E-state index contributed by atoms with van der Waals surface area (Å²) in [5, 5.41) is 7.74. The number of hydrogen-bond donors (Lipinski definition) is 0. The minimum Gasteiger partial charge on any atom is -0.480 e. The molecular weight excluding hydrogens is 168 g/mol. The second kappa shape index (κ2) is 4.77. The highest BCUT2D eigenvalue weighted by atomic mass is 16.5. The fourth-order valence-corrected chi connectivity index (χ4v) is 0.786. The van der Waals surface area contributed by atoms with Crippen LogP contribution in [0.1, 0.15) is 19.5 Å². The molecule has 1 aromatic rings. The molecule has 1 rings (SSSR count). The molecule has 0 saturated carbocycles. The summed E-state index contributed by atoms with van der Waals surface area (Å²) in [6.45, 7) is 4.46. The lowest BCUT2D eigenvalue weighted by atomic mass is 10.4. The molecule has 13 heavy (non-hydrogen) atoms. The molecule has 1 heterocycles. The second-order valence-electron chi connectivity index (χ2n) is 2.93. The summed E-state index contributed by atoms with van der Waals surface area (Å²) >= 11 is 0. The Morgan fingerprint density at radius 2 is 2.08 bits per heavy atom. The highest BCUT2D eigenvalue weighted by Crippen LogP contribution is 2.05. The van der Waals surface area contributed by atoms with E-state index < -0.39 is 0 Å². The van der Waals surface area contributed by atoms with Gasteiger partial charge in [-0.3, -0.25) is 0 Å². The lowest BCUT2D eigenvalue weighted by Gasteiger charge is -2.06. The third-order valence-corrected chi connectivity index (χ3v) is 1.47. The van der Waals surface area contributed by atoms with E-state index in [-0.39, 0.29) is 6.10 Å². The fraction of sp³-hybridized carbons (Fsp3) is 0.556. The molecule has 0 fully saturated rings. The molecule has 1 aromatic heterocycles. The summed E-state index contributed by atoms with van der Waals surface area (Å²) in [6.07, 6.45) is 0.212. The van der Waals surface area contributed by atoms with Gasteiger partial charge in [-0.05, 0) is 19.9 Å².